The van der Waals surface area contributed by atoms with E-state index in [0.29, 0.717) is 24.2 Å². The first kappa shape index (κ1) is 18.6. The minimum Gasteiger partial charge on any atom is -0.352 e. The van der Waals surface area contributed by atoms with Crippen LogP contribution in [-0.4, -0.2) is 30.4 Å². The molecule has 1 N–H and O–H groups in total. The number of nitrogens with one attached hydrogen (secondary N) is 1. The first-order chi connectivity index (χ1) is 13.5. The van der Waals surface area contributed by atoms with Crippen LogP contribution in [0.1, 0.15) is 33.8 Å². The maximum atomic E-state index is 12.7. The number of aromatic nitrogens is 1. The van der Waals surface area contributed by atoms with Crippen LogP contribution in [0.3, 0.4) is 0 Å². The zero-order valence-corrected chi connectivity index (χ0v) is 16.9. The van der Waals surface area contributed by atoms with Gasteiger partial charge in [0.05, 0.1) is 26.5 Å². The van der Waals surface area contributed by atoms with Gasteiger partial charge < -0.3 is 10.2 Å². The Morgan fingerprint density at radius 1 is 1.21 bits per heavy atom. The second-order valence-corrected chi connectivity index (χ2v) is 8.39. The van der Waals surface area contributed by atoms with Crippen molar-refractivity contribution < 1.29 is 9.59 Å². The smallest absolute Gasteiger partial charge is 0.253 e. The van der Waals surface area contributed by atoms with Crippen molar-refractivity contribution in [2.45, 2.75) is 26.2 Å². The Balaban J connectivity index is 1.41. The lowest BCUT2D eigenvalue weighted by molar-refractivity contribution is -0.119. The van der Waals surface area contributed by atoms with Crippen LogP contribution in [0.25, 0.3) is 10.2 Å². The standard InChI is InChI=1S/C22H23N3O2S/c1-14-7-10-19-17(13-14)24-20(28-19)11-12-23-21(26)16-5-3-4-6-18(16)25(2)22(27)15-8-9-15/h3-7,10,13,15H,8-9,11-12H2,1-2H3,(H,23,26). The summed E-state index contributed by atoms with van der Waals surface area (Å²) < 4.78 is 1.16. The van der Waals surface area contributed by atoms with Crippen molar-refractivity contribution in [3.8, 4) is 0 Å². The summed E-state index contributed by atoms with van der Waals surface area (Å²) in [4.78, 5) is 31.4. The molecule has 1 saturated carbocycles. The average Bonchev–Trinajstić information content (AvgIpc) is 3.47. The van der Waals surface area contributed by atoms with Gasteiger partial charge in [-0.2, -0.15) is 0 Å². The van der Waals surface area contributed by atoms with Crippen LogP contribution < -0.4 is 10.2 Å². The van der Waals surface area contributed by atoms with Gasteiger partial charge in [-0.05, 0) is 49.6 Å². The first-order valence-corrected chi connectivity index (χ1v) is 10.4. The highest BCUT2D eigenvalue weighted by Gasteiger charge is 2.33. The Bertz CT molecular complexity index is 1040. The zero-order valence-electron chi connectivity index (χ0n) is 16.1. The molecule has 1 heterocycles. The summed E-state index contributed by atoms with van der Waals surface area (Å²) in [5.41, 5.74) is 3.39. The van der Waals surface area contributed by atoms with Gasteiger partial charge in [-0.1, -0.05) is 18.2 Å². The monoisotopic (exact) mass is 393 g/mol. The number of carbonyl (C=O) groups is 2. The fourth-order valence-electron chi connectivity index (χ4n) is 3.25. The van der Waals surface area contributed by atoms with E-state index in [4.69, 9.17) is 0 Å². The second kappa shape index (κ2) is 7.72. The number of fused-ring (bicyclic) bond motifs is 1. The van der Waals surface area contributed by atoms with Crippen molar-refractivity contribution >= 4 is 39.1 Å². The molecule has 5 nitrogen and oxygen atoms in total. The predicted octanol–water partition coefficient (Wildman–Crippen LogP) is 3.95. The van der Waals surface area contributed by atoms with Gasteiger partial charge in [0.15, 0.2) is 0 Å². The van der Waals surface area contributed by atoms with E-state index in [2.05, 4.69) is 35.4 Å². The van der Waals surface area contributed by atoms with Crippen LogP contribution in [0.2, 0.25) is 0 Å². The van der Waals surface area contributed by atoms with Gasteiger partial charge in [-0.3, -0.25) is 9.59 Å². The summed E-state index contributed by atoms with van der Waals surface area (Å²) in [5.74, 6) is 0.0387. The van der Waals surface area contributed by atoms with Gasteiger partial charge in [0.1, 0.15) is 0 Å². The van der Waals surface area contributed by atoms with Crippen molar-refractivity contribution in [3.05, 3.63) is 58.6 Å². The highest BCUT2D eigenvalue weighted by molar-refractivity contribution is 7.18. The number of para-hydroxylation sites is 1. The summed E-state index contributed by atoms with van der Waals surface area (Å²) >= 11 is 1.66. The summed E-state index contributed by atoms with van der Waals surface area (Å²) in [6, 6.07) is 13.5. The molecular weight excluding hydrogens is 370 g/mol. The van der Waals surface area contributed by atoms with Gasteiger partial charge in [0, 0.05) is 25.9 Å². The molecule has 1 fully saturated rings. The zero-order chi connectivity index (χ0) is 19.7. The van der Waals surface area contributed by atoms with Crippen molar-refractivity contribution in [2.75, 3.05) is 18.5 Å². The Morgan fingerprint density at radius 3 is 2.79 bits per heavy atom. The van der Waals surface area contributed by atoms with Gasteiger partial charge in [-0.25, -0.2) is 4.98 Å². The summed E-state index contributed by atoms with van der Waals surface area (Å²) in [6.45, 7) is 2.56. The molecule has 28 heavy (non-hydrogen) atoms. The Hall–Kier alpha value is -2.73. The highest BCUT2D eigenvalue weighted by Crippen LogP contribution is 2.33. The molecule has 1 aliphatic rings. The molecule has 1 aromatic heterocycles. The van der Waals surface area contributed by atoms with Crippen molar-refractivity contribution in [3.63, 3.8) is 0 Å². The van der Waals surface area contributed by atoms with Crippen LogP contribution >= 0.6 is 11.3 Å². The highest BCUT2D eigenvalue weighted by atomic mass is 32.1. The number of carbonyl (C=O) groups excluding carboxylic acids is 2. The van der Waals surface area contributed by atoms with Gasteiger partial charge in [0.2, 0.25) is 5.91 Å². The number of thiazole rings is 1. The number of anilines is 1. The summed E-state index contributed by atoms with van der Waals surface area (Å²) in [7, 11) is 1.75. The van der Waals surface area contributed by atoms with E-state index < -0.39 is 0 Å². The van der Waals surface area contributed by atoms with Gasteiger partial charge >= 0.3 is 0 Å². The van der Waals surface area contributed by atoms with E-state index >= 15 is 0 Å². The van der Waals surface area contributed by atoms with E-state index in [-0.39, 0.29) is 17.7 Å². The lowest BCUT2D eigenvalue weighted by Gasteiger charge is -2.20. The van der Waals surface area contributed by atoms with E-state index in [1.807, 2.05) is 18.2 Å². The van der Waals surface area contributed by atoms with E-state index in [1.54, 1.807) is 29.4 Å². The number of hydrogen-bond donors (Lipinski definition) is 1. The molecule has 6 heteroatoms. The first-order valence-electron chi connectivity index (χ1n) is 9.54. The summed E-state index contributed by atoms with van der Waals surface area (Å²) in [5, 5.41) is 3.98. The van der Waals surface area contributed by atoms with Crippen molar-refractivity contribution in [1.29, 1.82) is 0 Å². The molecule has 2 aromatic carbocycles. The summed E-state index contributed by atoms with van der Waals surface area (Å²) in [6.07, 6.45) is 2.57. The SMILES string of the molecule is Cc1ccc2sc(CCNC(=O)c3ccccc3N(C)C(=O)C3CC3)nc2c1. The largest absolute Gasteiger partial charge is 0.352 e. The second-order valence-electron chi connectivity index (χ2n) is 7.27. The van der Waals surface area contributed by atoms with Gasteiger partial charge in [0.25, 0.3) is 5.91 Å². The fraction of sp³-hybridized carbons (Fsp3) is 0.318. The minimum absolute atomic E-state index is 0.0880. The number of hydrogen-bond acceptors (Lipinski definition) is 4. The quantitative estimate of drug-likeness (QED) is 0.690. The molecule has 3 aromatic rings. The third-order valence-corrected chi connectivity index (χ3v) is 6.08. The molecule has 0 unspecified atom stereocenters. The number of aryl methyl sites for hydroxylation is 1. The van der Waals surface area contributed by atoms with Crippen molar-refractivity contribution in [2.24, 2.45) is 5.92 Å². The predicted molar refractivity (Wildman–Crippen MR) is 113 cm³/mol. The van der Waals surface area contributed by atoms with Crippen LogP contribution in [0.4, 0.5) is 5.69 Å². The number of nitrogens with zero attached hydrogens (tertiary/aromatic N) is 2. The van der Waals surface area contributed by atoms with Crippen LogP contribution in [0, 0.1) is 12.8 Å². The van der Waals surface area contributed by atoms with Crippen molar-refractivity contribution in [1.82, 2.24) is 10.3 Å². The third kappa shape index (κ3) is 3.92. The Morgan fingerprint density at radius 2 is 2.00 bits per heavy atom. The van der Waals surface area contributed by atoms with Crippen LogP contribution in [0.15, 0.2) is 42.5 Å². The number of benzene rings is 2. The molecule has 144 valence electrons. The van der Waals surface area contributed by atoms with E-state index in [9.17, 15) is 9.59 Å². The van der Waals surface area contributed by atoms with Crippen LogP contribution in [-0.2, 0) is 11.2 Å². The molecule has 0 spiro atoms. The normalized spacial score (nSPS) is 13.5. The topological polar surface area (TPSA) is 62.3 Å². The Labute approximate surface area is 168 Å². The number of amides is 2. The lowest BCUT2D eigenvalue weighted by Crippen LogP contribution is -2.32. The van der Waals surface area contributed by atoms with E-state index in [0.717, 1.165) is 28.1 Å². The minimum atomic E-state index is -0.164. The maximum absolute atomic E-state index is 12.7. The molecule has 0 saturated heterocycles. The van der Waals surface area contributed by atoms with Crippen LogP contribution in [0.5, 0.6) is 0 Å². The van der Waals surface area contributed by atoms with E-state index in [1.165, 1.54) is 5.56 Å². The number of rotatable bonds is 6. The molecule has 0 atom stereocenters. The molecule has 2 amide bonds. The van der Waals surface area contributed by atoms with Gasteiger partial charge in [-0.15, -0.1) is 11.3 Å². The molecule has 1 aliphatic carbocycles. The third-order valence-electron chi connectivity index (χ3n) is 4.98. The molecule has 4 rings (SSSR count). The molecule has 0 radical (unpaired) electrons. The average molecular weight is 394 g/mol. The molecular formula is C22H23N3O2S. The maximum Gasteiger partial charge on any atom is 0.253 e. The molecule has 0 aliphatic heterocycles. The Kier molecular flexibility index (Phi) is 5.13. The molecule has 0 bridgehead atoms. The fourth-order valence-corrected chi connectivity index (χ4v) is 4.20. The lowest BCUT2D eigenvalue weighted by atomic mass is 10.1.